The number of fused-ring (bicyclic) bond motifs is 1. The van der Waals surface area contributed by atoms with Crippen molar-refractivity contribution in [3.8, 4) is 5.75 Å². The number of para-hydroxylation sites is 1. The molecule has 2 aromatic carbocycles. The summed E-state index contributed by atoms with van der Waals surface area (Å²) in [5.74, 6) is 0.605. The van der Waals surface area contributed by atoms with Gasteiger partial charge in [-0.1, -0.05) is 41.9 Å². The highest BCUT2D eigenvalue weighted by atomic mass is 35.5. The van der Waals surface area contributed by atoms with Crippen molar-refractivity contribution < 1.29 is 9.84 Å². The smallest absolute Gasteiger partial charge is 0.143 e. The summed E-state index contributed by atoms with van der Waals surface area (Å²) in [6, 6.07) is 13.9. The van der Waals surface area contributed by atoms with Crippen molar-refractivity contribution in [2.24, 2.45) is 0 Å². The van der Waals surface area contributed by atoms with Gasteiger partial charge in [0.15, 0.2) is 0 Å². The van der Waals surface area contributed by atoms with E-state index in [1.54, 1.807) is 6.07 Å². The molecule has 0 saturated carbocycles. The topological polar surface area (TPSA) is 29.5 Å². The maximum atomic E-state index is 9.33. The van der Waals surface area contributed by atoms with Gasteiger partial charge in [-0.15, -0.1) is 11.8 Å². The highest BCUT2D eigenvalue weighted by Gasteiger charge is 2.23. The zero-order valence-electron chi connectivity index (χ0n) is 10.9. The number of aliphatic hydroxyl groups is 1. The van der Waals surface area contributed by atoms with Crippen LogP contribution in [-0.2, 0) is 13.0 Å². The fourth-order valence-corrected chi connectivity index (χ4v) is 3.83. The van der Waals surface area contributed by atoms with Crippen molar-refractivity contribution in [2.75, 3.05) is 6.61 Å². The van der Waals surface area contributed by atoms with E-state index >= 15 is 0 Å². The zero-order valence-corrected chi connectivity index (χ0v) is 12.5. The van der Waals surface area contributed by atoms with E-state index in [-0.39, 0.29) is 6.61 Å². The summed E-state index contributed by atoms with van der Waals surface area (Å²) in [4.78, 5) is 1.34. The lowest BCUT2D eigenvalue weighted by Crippen LogP contribution is -2.14. The van der Waals surface area contributed by atoms with Crippen LogP contribution in [0.3, 0.4) is 0 Å². The lowest BCUT2D eigenvalue weighted by atomic mass is 10.1. The molecule has 2 nitrogen and oxygen atoms in total. The molecular formula is C16H15ClO2S. The van der Waals surface area contributed by atoms with E-state index < -0.39 is 0 Å². The van der Waals surface area contributed by atoms with Crippen molar-refractivity contribution in [2.45, 2.75) is 23.2 Å². The number of benzene rings is 2. The molecule has 1 aliphatic heterocycles. The Labute approximate surface area is 127 Å². The van der Waals surface area contributed by atoms with Gasteiger partial charge in [0.2, 0.25) is 0 Å². The second kappa shape index (κ2) is 6.08. The minimum absolute atomic E-state index is 0.0616. The van der Waals surface area contributed by atoms with Crippen molar-refractivity contribution in [1.82, 2.24) is 0 Å². The van der Waals surface area contributed by atoms with Gasteiger partial charge in [-0.05, 0) is 24.1 Å². The Balaban J connectivity index is 1.67. The SMILES string of the molecule is OCc1cccc(Cl)c1OCC1Cc2ccccc2S1. The largest absolute Gasteiger partial charge is 0.490 e. The predicted octanol–water partition coefficient (Wildman–Crippen LogP) is 3.93. The molecule has 0 fully saturated rings. The Morgan fingerprint density at radius 1 is 1.20 bits per heavy atom. The van der Waals surface area contributed by atoms with Crippen LogP contribution in [0, 0.1) is 0 Å². The molecule has 1 heterocycles. The molecule has 0 spiro atoms. The minimum atomic E-state index is -0.0616. The fraction of sp³-hybridized carbons (Fsp3) is 0.250. The van der Waals surface area contributed by atoms with E-state index in [4.69, 9.17) is 16.3 Å². The molecule has 0 bridgehead atoms. The molecule has 1 N–H and O–H groups in total. The first-order chi connectivity index (χ1) is 9.78. The van der Waals surface area contributed by atoms with Crippen LogP contribution >= 0.6 is 23.4 Å². The van der Waals surface area contributed by atoms with Crippen LogP contribution in [0.5, 0.6) is 5.75 Å². The molecule has 4 heteroatoms. The minimum Gasteiger partial charge on any atom is -0.490 e. The van der Waals surface area contributed by atoms with E-state index in [9.17, 15) is 5.11 Å². The summed E-state index contributed by atoms with van der Waals surface area (Å²) < 4.78 is 5.86. The van der Waals surface area contributed by atoms with Crippen LogP contribution < -0.4 is 4.74 Å². The molecule has 3 rings (SSSR count). The number of aliphatic hydroxyl groups excluding tert-OH is 1. The Bertz CT molecular complexity index is 590. The second-order valence-corrected chi connectivity index (χ2v) is 6.50. The number of ether oxygens (including phenoxy) is 1. The van der Waals surface area contributed by atoms with E-state index in [1.807, 2.05) is 23.9 Å². The number of hydrogen-bond acceptors (Lipinski definition) is 3. The molecule has 2 aromatic rings. The number of hydrogen-bond donors (Lipinski definition) is 1. The molecule has 0 radical (unpaired) electrons. The van der Waals surface area contributed by atoms with E-state index in [0.717, 1.165) is 12.0 Å². The highest BCUT2D eigenvalue weighted by molar-refractivity contribution is 8.00. The zero-order chi connectivity index (χ0) is 13.9. The molecule has 1 aliphatic rings. The standard InChI is InChI=1S/C16H15ClO2S/c17-14-6-3-5-12(9-18)16(14)19-10-13-8-11-4-1-2-7-15(11)20-13/h1-7,13,18H,8-10H2. The first-order valence-corrected chi connectivity index (χ1v) is 7.79. The van der Waals surface area contributed by atoms with Crippen molar-refractivity contribution in [3.63, 3.8) is 0 Å². The number of thioether (sulfide) groups is 1. The monoisotopic (exact) mass is 306 g/mol. The Morgan fingerprint density at radius 3 is 2.85 bits per heavy atom. The van der Waals surface area contributed by atoms with E-state index in [2.05, 4.69) is 24.3 Å². The lowest BCUT2D eigenvalue weighted by Gasteiger charge is -2.14. The Kier molecular flexibility index (Phi) is 4.20. The van der Waals surface area contributed by atoms with Crippen molar-refractivity contribution >= 4 is 23.4 Å². The summed E-state index contributed by atoms with van der Waals surface area (Å²) in [6.45, 7) is 0.532. The molecule has 1 unspecified atom stereocenters. The van der Waals surface area contributed by atoms with Crippen LogP contribution in [0.25, 0.3) is 0 Å². The third-order valence-corrected chi connectivity index (χ3v) is 4.93. The first-order valence-electron chi connectivity index (χ1n) is 6.53. The van der Waals surface area contributed by atoms with Crippen LogP contribution in [0.1, 0.15) is 11.1 Å². The van der Waals surface area contributed by atoms with Crippen LogP contribution in [-0.4, -0.2) is 17.0 Å². The van der Waals surface area contributed by atoms with Gasteiger partial charge in [-0.3, -0.25) is 0 Å². The van der Waals surface area contributed by atoms with Gasteiger partial charge in [0.1, 0.15) is 12.4 Å². The highest BCUT2D eigenvalue weighted by Crippen LogP contribution is 2.37. The van der Waals surface area contributed by atoms with Gasteiger partial charge >= 0.3 is 0 Å². The summed E-state index contributed by atoms with van der Waals surface area (Å²) in [5, 5.41) is 10.3. The van der Waals surface area contributed by atoms with Crippen molar-refractivity contribution in [1.29, 1.82) is 0 Å². The molecular weight excluding hydrogens is 292 g/mol. The quantitative estimate of drug-likeness (QED) is 0.928. The Hall–Kier alpha value is -1.16. The molecule has 0 aliphatic carbocycles. The predicted molar refractivity (Wildman–Crippen MR) is 82.7 cm³/mol. The Morgan fingerprint density at radius 2 is 2.05 bits per heavy atom. The van der Waals surface area contributed by atoms with E-state index in [1.165, 1.54) is 10.5 Å². The molecule has 0 amide bonds. The van der Waals surface area contributed by atoms with Gasteiger partial charge in [0.05, 0.1) is 11.6 Å². The number of rotatable bonds is 4. The average molecular weight is 307 g/mol. The second-order valence-electron chi connectivity index (χ2n) is 4.75. The lowest BCUT2D eigenvalue weighted by molar-refractivity contribution is 0.263. The number of halogens is 1. The first kappa shape index (κ1) is 13.8. The van der Waals surface area contributed by atoms with Crippen LogP contribution in [0.15, 0.2) is 47.4 Å². The molecule has 1 atom stereocenters. The average Bonchev–Trinajstić information content (AvgIpc) is 2.88. The van der Waals surface area contributed by atoms with Gasteiger partial charge in [0.25, 0.3) is 0 Å². The van der Waals surface area contributed by atoms with Gasteiger partial charge in [0, 0.05) is 15.7 Å². The van der Waals surface area contributed by atoms with Crippen molar-refractivity contribution in [3.05, 3.63) is 58.6 Å². The fourth-order valence-electron chi connectivity index (χ4n) is 2.36. The van der Waals surface area contributed by atoms with Gasteiger partial charge in [-0.25, -0.2) is 0 Å². The molecule has 104 valence electrons. The van der Waals surface area contributed by atoms with Gasteiger partial charge < -0.3 is 9.84 Å². The summed E-state index contributed by atoms with van der Waals surface area (Å²) in [7, 11) is 0. The maximum absolute atomic E-state index is 9.33. The summed E-state index contributed by atoms with van der Waals surface area (Å²) in [6.07, 6.45) is 1.01. The maximum Gasteiger partial charge on any atom is 0.143 e. The normalized spacial score (nSPS) is 17.0. The van der Waals surface area contributed by atoms with Gasteiger partial charge in [-0.2, -0.15) is 0 Å². The third-order valence-electron chi connectivity index (χ3n) is 3.35. The van der Waals surface area contributed by atoms with Crippen LogP contribution in [0.2, 0.25) is 5.02 Å². The third kappa shape index (κ3) is 2.80. The summed E-state index contributed by atoms with van der Waals surface area (Å²) >= 11 is 7.98. The van der Waals surface area contributed by atoms with Crippen LogP contribution in [0.4, 0.5) is 0 Å². The summed E-state index contributed by atoms with van der Waals surface area (Å²) in [5.41, 5.74) is 2.12. The van der Waals surface area contributed by atoms with E-state index in [0.29, 0.717) is 22.6 Å². The molecule has 0 aromatic heterocycles. The molecule has 0 saturated heterocycles. The molecule has 20 heavy (non-hydrogen) atoms.